The molecule has 4 atom stereocenters. The van der Waals surface area contributed by atoms with Crippen LogP contribution in [-0.4, -0.2) is 42.0 Å². The van der Waals surface area contributed by atoms with Crippen molar-refractivity contribution in [3.05, 3.63) is 95.1 Å². The number of hydrogen-bond donors (Lipinski definition) is 0. The third-order valence-corrected chi connectivity index (χ3v) is 7.39. The fourth-order valence-electron chi connectivity index (χ4n) is 5.74. The van der Waals surface area contributed by atoms with Crippen LogP contribution in [0.4, 0.5) is 18.9 Å². The zero-order valence-corrected chi connectivity index (χ0v) is 19.9. The molecular weight excluding hydrogens is 499 g/mol. The number of hydrazone groups is 1. The standard InChI is InChI=1S/C28H20F3N3O4/c1-38-17-12-10-15(11-13-17)25(35)24-22-21(23-18-7-3-2-6-16(18)14-32-34(23)24)26(36)33(27(22)37)20-9-5-4-8-19(20)28(29,30)31/h2-14,21-24H,1H3/t21-,22-,23+,24+/m0/s1. The number of benzene rings is 3. The lowest BCUT2D eigenvalue weighted by Gasteiger charge is -2.34. The van der Waals surface area contributed by atoms with Crippen LogP contribution in [-0.2, 0) is 15.8 Å². The lowest BCUT2D eigenvalue weighted by molar-refractivity contribution is -0.137. The average Bonchev–Trinajstić information content (AvgIpc) is 3.40. The van der Waals surface area contributed by atoms with Gasteiger partial charge in [-0.2, -0.15) is 18.3 Å². The van der Waals surface area contributed by atoms with Crippen LogP contribution < -0.4 is 9.64 Å². The summed E-state index contributed by atoms with van der Waals surface area (Å²) in [5.41, 5.74) is 0.00513. The summed E-state index contributed by atoms with van der Waals surface area (Å²) in [6, 6.07) is 15.9. The Morgan fingerprint density at radius 1 is 0.895 bits per heavy atom. The Labute approximate surface area is 215 Å². The molecule has 2 saturated heterocycles. The van der Waals surface area contributed by atoms with Gasteiger partial charge in [-0.15, -0.1) is 0 Å². The van der Waals surface area contributed by atoms with Crippen LogP contribution in [0.15, 0.2) is 77.9 Å². The van der Waals surface area contributed by atoms with E-state index >= 15 is 0 Å². The molecular formula is C28H20F3N3O4. The number of fused-ring (bicyclic) bond motifs is 5. The number of Topliss-reactive ketones (excluding diaryl/α,β-unsaturated/α-hetero) is 1. The summed E-state index contributed by atoms with van der Waals surface area (Å²) in [5.74, 6) is -3.92. The number of para-hydroxylation sites is 1. The lowest BCUT2D eigenvalue weighted by Crippen LogP contribution is -2.45. The molecule has 38 heavy (non-hydrogen) atoms. The van der Waals surface area contributed by atoms with Crippen LogP contribution in [0.25, 0.3) is 0 Å². The van der Waals surface area contributed by atoms with E-state index in [2.05, 4.69) is 5.10 Å². The molecule has 2 fully saturated rings. The van der Waals surface area contributed by atoms with Gasteiger partial charge in [0.25, 0.3) is 0 Å². The van der Waals surface area contributed by atoms with Gasteiger partial charge in [0.1, 0.15) is 11.8 Å². The van der Waals surface area contributed by atoms with Crippen LogP contribution in [0.3, 0.4) is 0 Å². The maximum atomic E-state index is 13.9. The van der Waals surface area contributed by atoms with Gasteiger partial charge in [-0.25, -0.2) is 4.90 Å². The maximum Gasteiger partial charge on any atom is 0.418 e. The Morgan fingerprint density at radius 2 is 1.55 bits per heavy atom. The number of rotatable bonds is 4. The van der Waals surface area contributed by atoms with Crippen molar-refractivity contribution in [2.45, 2.75) is 18.3 Å². The molecule has 10 heteroatoms. The van der Waals surface area contributed by atoms with E-state index in [0.29, 0.717) is 21.8 Å². The van der Waals surface area contributed by atoms with Gasteiger partial charge in [-0.3, -0.25) is 19.4 Å². The minimum atomic E-state index is -4.79. The number of amides is 2. The molecule has 3 aromatic rings. The first-order valence-corrected chi connectivity index (χ1v) is 11.9. The summed E-state index contributed by atoms with van der Waals surface area (Å²) < 4.78 is 46.7. The van der Waals surface area contributed by atoms with Crippen molar-refractivity contribution >= 4 is 29.5 Å². The summed E-state index contributed by atoms with van der Waals surface area (Å²) in [6.07, 6.45) is -3.23. The first-order chi connectivity index (χ1) is 18.2. The van der Waals surface area contributed by atoms with Gasteiger partial charge in [0.05, 0.1) is 42.5 Å². The highest BCUT2D eigenvalue weighted by Gasteiger charge is 2.65. The molecule has 0 N–H and O–H groups in total. The van der Waals surface area contributed by atoms with Crippen LogP contribution in [0.1, 0.15) is 33.1 Å². The fourth-order valence-corrected chi connectivity index (χ4v) is 5.74. The zero-order valence-electron chi connectivity index (χ0n) is 19.9. The molecule has 3 aliphatic heterocycles. The number of carbonyl (C=O) groups excluding carboxylic acids is 3. The molecule has 3 aromatic carbocycles. The van der Waals surface area contributed by atoms with E-state index < -0.39 is 58.9 Å². The number of methoxy groups -OCH3 is 1. The van der Waals surface area contributed by atoms with Gasteiger partial charge in [-0.05, 0) is 47.5 Å². The molecule has 0 spiro atoms. The highest BCUT2D eigenvalue weighted by molar-refractivity contribution is 6.25. The Bertz CT molecular complexity index is 1500. The van der Waals surface area contributed by atoms with Crippen molar-refractivity contribution in [1.82, 2.24) is 5.01 Å². The lowest BCUT2D eigenvalue weighted by atomic mass is 9.83. The van der Waals surface area contributed by atoms with Crippen LogP contribution in [0, 0.1) is 11.8 Å². The van der Waals surface area contributed by atoms with Gasteiger partial charge in [-0.1, -0.05) is 36.4 Å². The maximum absolute atomic E-state index is 13.9. The van der Waals surface area contributed by atoms with Crippen molar-refractivity contribution in [3.63, 3.8) is 0 Å². The van der Waals surface area contributed by atoms with Gasteiger partial charge < -0.3 is 4.74 Å². The number of carbonyl (C=O) groups is 3. The molecule has 192 valence electrons. The third kappa shape index (κ3) is 3.43. The highest BCUT2D eigenvalue weighted by Crippen LogP contribution is 2.54. The Hall–Kier alpha value is -4.47. The second kappa shape index (κ2) is 8.54. The normalized spacial score (nSPS) is 23.8. The molecule has 7 nitrogen and oxygen atoms in total. The number of imide groups is 1. The first-order valence-electron chi connectivity index (χ1n) is 11.9. The first kappa shape index (κ1) is 23.9. The summed E-state index contributed by atoms with van der Waals surface area (Å²) in [5, 5.41) is 5.93. The zero-order chi connectivity index (χ0) is 26.8. The second-order valence-electron chi connectivity index (χ2n) is 9.31. The highest BCUT2D eigenvalue weighted by atomic mass is 19.4. The average molecular weight is 519 g/mol. The Morgan fingerprint density at radius 3 is 2.26 bits per heavy atom. The molecule has 0 aliphatic carbocycles. The Balaban J connectivity index is 1.50. The van der Waals surface area contributed by atoms with E-state index in [9.17, 15) is 27.6 Å². The van der Waals surface area contributed by atoms with Crippen LogP contribution in [0.2, 0.25) is 0 Å². The number of ether oxygens (including phenoxy) is 1. The van der Waals surface area contributed by atoms with Gasteiger partial charge in [0, 0.05) is 5.56 Å². The predicted molar refractivity (Wildman–Crippen MR) is 131 cm³/mol. The van der Waals surface area contributed by atoms with Crippen LogP contribution >= 0.6 is 0 Å². The van der Waals surface area contributed by atoms with E-state index in [4.69, 9.17) is 4.74 Å². The summed E-state index contributed by atoms with van der Waals surface area (Å²) in [4.78, 5) is 42.2. The van der Waals surface area contributed by atoms with Crippen molar-refractivity contribution in [1.29, 1.82) is 0 Å². The number of ketones is 1. The molecule has 3 heterocycles. The van der Waals surface area contributed by atoms with Crippen molar-refractivity contribution < 1.29 is 32.3 Å². The minimum Gasteiger partial charge on any atom is -0.497 e. The van der Waals surface area contributed by atoms with E-state index in [1.54, 1.807) is 54.7 Å². The monoisotopic (exact) mass is 519 g/mol. The molecule has 0 unspecified atom stereocenters. The van der Waals surface area contributed by atoms with Gasteiger partial charge in [0.15, 0.2) is 5.78 Å². The summed E-state index contributed by atoms with van der Waals surface area (Å²) in [7, 11) is 1.49. The minimum absolute atomic E-state index is 0.263. The number of halogens is 3. The molecule has 0 saturated carbocycles. The molecule has 0 bridgehead atoms. The third-order valence-electron chi connectivity index (χ3n) is 7.39. The van der Waals surface area contributed by atoms with Crippen molar-refractivity contribution in [2.75, 3.05) is 12.0 Å². The predicted octanol–water partition coefficient (Wildman–Crippen LogP) is 4.48. The van der Waals surface area contributed by atoms with Crippen molar-refractivity contribution in [3.8, 4) is 5.75 Å². The Kier molecular flexibility index (Phi) is 5.37. The molecule has 0 radical (unpaired) electrons. The largest absolute Gasteiger partial charge is 0.497 e. The molecule has 3 aliphatic rings. The summed E-state index contributed by atoms with van der Waals surface area (Å²) >= 11 is 0. The van der Waals surface area contributed by atoms with Crippen molar-refractivity contribution in [2.24, 2.45) is 16.9 Å². The molecule has 2 amide bonds. The molecule has 6 rings (SSSR count). The van der Waals surface area contributed by atoms with E-state index in [1.807, 2.05) is 0 Å². The second-order valence-corrected chi connectivity index (χ2v) is 9.31. The molecule has 0 aromatic heterocycles. The van der Waals surface area contributed by atoms with E-state index in [0.717, 1.165) is 12.1 Å². The number of alkyl halides is 3. The van der Waals surface area contributed by atoms with Crippen LogP contribution in [0.5, 0.6) is 5.75 Å². The number of anilines is 1. The van der Waals surface area contributed by atoms with E-state index in [-0.39, 0.29) is 5.56 Å². The quantitative estimate of drug-likeness (QED) is 0.375. The van der Waals surface area contributed by atoms with Gasteiger partial charge in [0.2, 0.25) is 11.8 Å². The number of nitrogens with zero attached hydrogens (tertiary/aromatic N) is 3. The van der Waals surface area contributed by atoms with Gasteiger partial charge >= 0.3 is 6.18 Å². The number of hydrogen-bond acceptors (Lipinski definition) is 6. The SMILES string of the molecule is COc1ccc(C(=O)[C@H]2[C@H]3C(=O)N(c4ccccc4C(F)(F)F)C(=O)[C@@H]3[C@H]3c4ccccc4C=NN32)cc1. The fraction of sp³-hybridized carbons (Fsp3) is 0.214. The smallest absolute Gasteiger partial charge is 0.418 e. The summed E-state index contributed by atoms with van der Waals surface area (Å²) in [6.45, 7) is 0. The van der Waals surface area contributed by atoms with E-state index in [1.165, 1.54) is 24.3 Å². The topological polar surface area (TPSA) is 79.3 Å².